The van der Waals surface area contributed by atoms with Crippen molar-refractivity contribution in [1.29, 1.82) is 0 Å². The molecular weight excluding hydrogens is 268 g/mol. The van der Waals surface area contributed by atoms with E-state index in [1.54, 1.807) is 4.90 Å². The second-order valence-electron chi connectivity index (χ2n) is 5.54. The fraction of sp³-hybridized carbons (Fsp3) is 0.500. The van der Waals surface area contributed by atoms with Crippen LogP contribution in [0.4, 0.5) is 5.69 Å². The first-order chi connectivity index (χ1) is 10.2. The number of hydrogen-bond donors (Lipinski definition) is 1. The molecule has 1 fully saturated rings. The van der Waals surface area contributed by atoms with Gasteiger partial charge in [-0.05, 0) is 43.4 Å². The zero-order valence-corrected chi connectivity index (χ0v) is 12.2. The van der Waals surface area contributed by atoms with E-state index in [0.717, 1.165) is 42.6 Å². The van der Waals surface area contributed by atoms with Gasteiger partial charge in [0.2, 0.25) is 0 Å². The van der Waals surface area contributed by atoms with E-state index in [4.69, 9.17) is 4.74 Å². The molecular formula is C16H20N2O3. The van der Waals surface area contributed by atoms with Gasteiger partial charge in [-0.25, -0.2) is 4.79 Å². The highest BCUT2D eigenvalue weighted by molar-refractivity contribution is 5.99. The van der Waals surface area contributed by atoms with Gasteiger partial charge in [-0.3, -0.25) is 4.79 Å². The maximum atomic E-state index is 12.8. The van der Waals surface area contributed by atoms with Gasteiger partial charge < -0.3 is 15.0 Å². The van der Waals surface area contributed by atoms with Crippen molar-refractivity contribution in [2.24, 2.45) is 0 Å². The Bertz CT molecular complexity index is 571. The summed E-state index contributed by atoms with van der Waals surface area (Å²) >= 11 is 0. The Morgan fingerprint density at radius 1 is 1.33 bits per heavy atom. The summed E-state index contributed by atoms with van der Waals surface area (Å²) in [7, 11) is 1.37. The standard InChI is InChI=1S/C16H20N2O3/c1-21-16(20)14-8-4-10-18(14)15(19)12-5-2-7-13-11(12)6-3-9-17-13/h2,5,7,14,17H,3-4,6,8-10H2,1H3. The maximum absolute atomic E-state index is 12.8. The fourth-order valence-corrected chi connectivity index (χ4v) is 3.26. The number of esters is 1. The molecule has 1 aromatic carbocycles. The average Bonchev–Trinajstić information content (AvgIpc) is 3.02. The minimum atomic E-state index is -0.435. The quantitative estimate of drug-likeness (QED) is 0.843. The number of benzene rings is 1. The summed E-state index contributed by atoms with van der Waals surface area (Å²) in [5, 5.41) is 3.33. The molecule has 1 atom stereocenters. The predicted molar refractivity (Wildman–Crippen MR) is 79.3 cm³/mol. The molecule has 0 radical (unpaired) electrons. The van der Waals surface area contributed by atoms with Crippen molar-refractivity contribution in [3.8, 4) is 0 Å². The fourth-order valence-electron chi connectivity index (χ4n) is 3.26. The first kappa shape index (κ1) is 13.9. The lowest BCUT2D eigenvalue weighted by molar-refractivity contribution is -0.145. The Morgan fingerprint density at radius 3 is 3.00 bits per heavy atom. The van der Waals surface area contributed by atoms with Crippen molar-refractivity contribution < 1.29 is 14.3 Å². The minimum absolute atomic E-state index is 0.0524. The molecule has 21 heavy (non-hydrogen) atoms. The molecule has 112 valence electrons. The van der Waals surface area contributed by atoms with E-state index >= 15 is 0 Å². The van der Waals surface area contributed by atoms with Crippen LogP contribution in [0.25, 0.3) is 0 Å². The Labute approximate surface area is 124 Å². The molecule has 1 unspecified atom stereocenters. The molecule has 0 saturated carbocycles. The van der Waals surface area contributed by atoms with Crippen molar-refractivity contribution in [3.63, 3.8) is 0 Å². The van der Waals surface area contributed by atoms with E-state index in [1.165, 1.54) is 7.11 Å². The van der Waals surface area contributed by atoms with Crippen molar-refractivity contribution in [1.82, 2.24) is 4.90 Å². The van der Waals surface area contributed by atoms with Crippen molar-refractivity contribution >= 4 is 17.6 Å². The summed E-state index contributed by atoms with van der Waals surface area (Å²) in [5.41, 5.74) is 2.83. The number of nitrogens with zero attached hydrogens (tertiary/aromatic N) is 1. The molecule has 1 aromatic rings. The van der Waals surface area contributed by atoms with Gasteiger partial charge in [0, 0.05) is 24.3 Å². The lowest BCUT2D eigenvalue weighted by Gasteiger charge is -2.26. The minimum Gasteiger partial charge on any atom is -0.467 e. The maximum Gasteiger partial charge on any atom is 0.328 e. The van der Waals surface area contributed by atoms with Gasteiger partial charge in [-0.1, -0.05) is 6.07 Å². The molecule has 2 aliphatic rings. The highest BCUT2D eigenvalue weighted by Gasteiger charge is 2.36. The monoisotopic (exact) mass is 288 g/mol. The summed E-state index contributed by atoms with van der Waals surface area (Å²) in [5.74, 6) is -0.368. The predicted octanol–water partition coefficient (Wildman–Crippen LogP) is 1.82. The largest absolute Gasteiger partial charge is 0.467 e. The smallest absolute Gasteiger partial charge is 0.328 e. The molecule has 0 aromatic heterocycles. The van der Waals surface area contributed by atoms with Crippen LogP contribution in [-0.2, 0) is 16.0 Å². The number of fused-ring (bicyclic) bond motifs is 1. The molecule has 2 aliphatic heterocycles. The molecule has 1 saturated heterocycles. The topological polar surface area (TPSA) is 58.6 Å². The molecule has 0 aliphatic carbocycles. The SMILES string of the molecule is COC(=O)C1CCCN1C(=O)c1cccc2c1CCCN2. The Balaban J connectivity index is 1.90. The zero-order valence-electron chi connectivity index (χ0n) is 12.2. The van der Waals surface area contributed by atoms with E-state index in [2.05, 4.69) is 5.32 Å². The third-order valence-corrected chi connectivity index (χ3v) is 4.31. The van der Waals surface area contributed by atoms with Crippen LogP contribution in [0, 0.1) is 0 Å². The molecule has 5 heteroatoms. The number of carbonyl (C=O) groups excluding carboxylic acids is 2. The van der Waals surface area contributed by atoms with Gasteiger partial charge in [-0.15, -0.1) is 0 Å². The number of rotatable bonds is 2. The lowest BCUT2D eigenvalue weighted by atomic mass is 9.96. The van der Waals surface area contributed by atoms with E-state index in [-0.39, 0.29) is 11.9 Å². The number of likely N-dealkylation sites (tertiary alicyclic amines) is 1. The summed E-state index contributed by atoms with van der Waals surface area (Å²) < 4.78 is 4.82. The van der Waals surface area contributed by atoms with Gasteiger partial charge in [0.1, 0.15) is 6.04 Å². The van der Waals surface area contributed by atoms with Crippen LogP contribution >= 0.6 is 0 Å². The molecule has 1 N–H and O–H groups in total. The highest BCUT2D eigenvalue weighted by Crippen LogP contribution is 2.28. The number of ether oxygens (including phenoxy) is 1. The van der Waals surface area contributed by atoms with Crippen LogP contribution in [0.5, 0.6) is 0 Å². The van der Waals surface area contributed by atoms with E-state index in [1.807, 2.05) is 18.2 Å². The van der Waals surface area contributed by atoms with E-state index in [9.17, 15) is 9.59 Å². The van der Waals surface area contributed by atoms with E-state index in [0.29, 0.717) is 13.0 Å². The number of amides is 1. The Kier molecular flexibility index (Phi) is 3.82. The van der Waals surface area contributed by atoms with Crippen LogP contribution in [0.1, 0.15) is 35.2 Å². The number of hydrogen-bond acceptors (Lipinski definition) is 4. The Hall–Kier alpha value is -2.04. The first-order valence-corrected chi connectivity index (χ1v) is 7.47. The van der Waals surface area contributed by atoms with Crippen LogP contribution in [0.2, 0.25) is 0 Å². The molecule has 2 heterocycles. The number of nitrogens with one attached hydrogen (secondary N) is 1. The molecule has 0 spiro atoms. The summed E-state index contributed by atoms with van der Waals surface area (Å²) in [4.78, 5) is 26.3. The second kappa shape index (κ2) is 5.76. The average molecular weight is 288 g/mol. The highest BCUT2D eigenvalue weighted by atomic mass is 16.5. The van der Waals surface area contributed by atoms with Gasteiger partial charge in [0.15, 0.2) is 0 Å². The third-order valence-electron chi connectivity index (χ3n) is 4.31. The summed E-state index contributed by atoms with van der Waals surface area (Å²) in [6.45, 7) is 1.56. The second-order valence-corrected chi connectivity index (χ2v) is 5.54. The molecule has 3 rings (SSSR count). The number of anilines is 1. The van der Waals surface area contributed by atoms with Crippen LogP contribution in [-0.4, -0.2) is 43.0 Å². The summed E-state index contributed by atoms with van der Waals surface area (Å²) in [6, 6.07) is 5.33. The Morgan fingerprint density at radius 2 is 2.19 bits per heavy atom. The van der Waals surface area contributed by atoms with Gasteiger partial charge in [-0.2, -0.15) is 0 Å². The number of methoxy groups -OCH3 is 1. The van der Waals surface area contributed by atoms with Crippen LogP contribution in [0.15, 0.2) is 18.2 Å². The van der Waals surface area contributed by atoms with Crippen molar-refractivity contribution in [2.45, 2.75) is 31.7 Å². The number of carbonyl (C=O) groups is 2. The molecule has 5 nitrogen and oxygen atoms in total. The van der Waals surface area contributed by atoms with Gasteiger partial charge >= 0.3 is 5.97 Å². The zero-order chi connectivity index (χ0) is 14.8. The van der Waals surface area contributed by atoms with Gasteiger partial charge in [0.05, 0.1) is 7.11 Å². The summed E-state index contributed by atoms with van der Waals surface area (Å²) in [6.07, 6.45) is 3.46. The van der Waals surface area contributed by atoms with Crippen LogP contribution in [0.3, 0.4) is 0 Å². The van der Waals surface area contributed by atoms with Gasteiger partial charge in [0.25, 0.3) is 5.91 Å². The van der Waals surface area contributed by atoms with E-state index < -0.39 is 6.04 Å². The normalized spacial score (nSPS) is 20.6. The molecule has 1 amide bonds. The molecule has 0 bridgehead atoms. The third kappa shape index (κ3) is 2.48. The van der Waals surface area contributed by atoms with Crippen molar-refractivity contribution in [2.75, 3.05) is 25.5 Å². The lowest BCUT2D eigenvalue weighted by Crippen LogP contribution is -2.41. The van der Waals surface area contributed by atoms with Crippen LogP contribution < -0.4 is 5.32 Å². The first-order valence-electron chi connectivity index (χ1n) is 7.47. The van der Waals surface area contributed by atoms with Crippen molar-refractivity contribution in [3.05, 3.63) is 29.3 Å².